The predicted molar refractivity (Wildman–Crippen MR) is 70.5 cm³/mol. The lowest BCUT2D eigenvalue weighted by molar-refractivity contribution is 0.298. The van der Waals surface area contributed by atoms with Crippen molar-refractivity contribution in [2.75, 3.05) is 12.3 Å². The van der Waals surface area contributed by atoms with Gasteiger partial charge in [-0.25, -0.2) is 9.67 Å². The fourth-order valence-electron chi connectivity index (χ4n) is 1.78. The summed E-state index contributed by atoms with van der Waals surface area (Å²) in [6.45, 7) is 5.31. The van der Waals surface area contributed by atoms with Crippen LogP contribution in [0.5, 0.6) is 5.75 Å². The van der Waals surface area contributed by atoms with Crippen LogP contribution >= 0.6 is 0 Å². The van der Waals surface area contributed by atoms with Gasteiger partial charge in [0.1, 0.15) is 17.4 Å². The number of ether oxygens (including phenoxy) is 1. The third-order valence-electron chi connectivity index (χ3n) is 2.60. The Morgan fingerprint density at radius 1 is 1.33 bits per heavy atom. The number of anilines is 1. The average molecular weight is 246 g/mol. The molecule has 1 aromatic carbocycles. The van der Waals surface area contributed by atoms with Gasteiger partial charge in [0.2, 0.25) is 0 Å². The number of nitrogen functional groups attached to an aromatic ring is 1. The fourth-order valence-corrected chi connectivity index (χ4v) is 1.78. The zero-order valence-electron chi connectivity index (χ0n) is 10.8. The summed E-state index contributed by atoms with van der Waals surface area (Å²) in [5.74, 6) is 2.56. The minimum atomic E-state index is 0.641. The Labute approximate surface area is 107 Å². The van der Waals surface area contributed by atoms with Crippen LogP contribution in [0.25, 0.3) is 0 Å². The topological polar surface area (TPSA) is 66.0 Å². The summed E-state index contributed by atoms with van der Waals surface area (Å²) in [6, 6.07) is 7.45. The van der Waals surface area contributed by atoms with Crippen molar-refractivity contribution in [3.05, 3.63) is 35.9 Å². The molecule has 0 fully saturated rings. The molecule has 0 aliphatic heterocycles. The summed E-state index contributed by atoms with van der Waals surface area (Å²) >= 11 is 0. The zero-order valence-corrected chi connectivity index (χ0v) is 10.8. The maximum Gasteiger partial charge on any atom is 0.147 e. The lowest BCUT2D eigenvalue weighted by atomic mass is 10.3. The molecular weight excluding hydrogens is 228 g/mol. The minimum Gasteiger partial charge on any atom is -0.493 e. The number of hydrogen-bond donors (Lipinski definition) is 1. The molecule has 0 atom stereocenters. The Kier molecular flexibility index (Phi) is 3.82. The van der Waals surface area contributed by atoms with Gasteiger partial charge < -0.3 is 10.5 Å². The van der Waals surface area contributed by atoms with E-state index in [9.17, 15) is 0 Å². The maximum atomic E-state index is 5.67. The lowest BCUT2D eigenvalue weighted by Gasteiger charge is -2.07. The van der Waals surface area contributed by atoms with Gasteiger partial charge >= 0.3 is 0 Å². The first-order chi connectivity index (χ1) is 8.65. The minimum absolute atomic E-state index is 0.641. The summed E-state index contributed by atoms with van der Waals surface area (Å²) in [4.78, 5) is 4.25. The second kappa shape index (κ2) is 5.53. The van der Waals surface area contributed by atoms with Crippen molar-refractivity contribution in [2.24, 2.45) is 0 Å². The van der Waals surface area contributed by atoms with Crippen molar-refractivity contribution in [3.63, 3.8) is 0 Å². The Balaban J connectivity index is 1.78. The fraction of sp³-hybridized carbons (Fsp3) is 0.385. The van der Waals surface area contributed by atoms with Crippen molar-refractivity contribution >= 4 is 5.69 Å². The molecule has 0 saturated heterocycles. The number of benzene rings is 1. The summed E-state index contributed by atoms with van der Waals surface area (Å²) in [7, 11) is 0. The molecule has 96 valence electrons. The number of nitrogens with two attached hydrogens (primary N) is 1. The molecule has 0 aliphatic carbocycles. The van der Waals surface area contributed by atoms with Gasteiger partial charge in [-0.1, -0.05) is 6.07 Å². The van der Waals surface area contributed by atoms with E-state index in [-0.39, 0.29) is 0 Å². The molecule has 0 aliphatic rings. The molecule has 2 N–H and O–H groups in total. The second-order valence-corrected chi connectivity index (χ2v) is 4.20. The summed E-state index contributed by atoms with van der Waals surface area (Å²) in [6.07, 6.45) is 0.887. The molecule has 0 unspecified atom stereocenters. The first kappa shape index (κ1) is 12.4. The molecular formula is C13H18N4O. The third kappa shape index (κ3) is 3.23. The molecule has 0 amide bonds. The van der Waals surface area contributed by atoms with Crippen molar-refractivity contribution in [3.8, 4) is 5.75 Å². The number of aryl methyl sites for hydroxylation is 3. The molecule has 0 saturated carbocycles. The first-order valence-corrected chi connectivity index (χ1v) is 6.01. The van der Waals surface area contributed by atoms with Crippen LogP contribution in [0.1, 0.15) is 18.1 Å². The van der Waals surface area contributed by atoms with Crippen molar-refractivity contribution in [2.45, 2.75) is 26.8 Å². The Morgan fingerprint density at radius 2 is 2.17 bits per heavy atom. The highest BCUT2D eigenvalue weighted by Crippen LogP contribution is 2.14. The summed E-state index contributed by atoms with van der Waals surface area (Å²) < 4.78 is 7.51. The lowest BCUT2D eigenvalue weighted by Crippen LogP contribution is -2.07. The van der Waals surface area contributed by atoms with Gasteiger partial charge in [-0.05, 0) is 26.0 Å². The van der Waals surface area contributed by atoms with Gasteiger partial charge in [-0.3, -0.25) is 0 Å². The van der Waals surface area contributed by atoms with E-state index in [2.05, 4.69) is 10.1 Å². The molecule has 2 rings (SSSR count). The quantitative estimate of drug-likeness (QED) is 0.647. The molecule has 5 heteroatoms. The standard InChI is InChI=1S/C13H18N4O/c1-10-15-11(2)17(16-10)7-4-8-18-13-6-3-5-12(14)9-13/h3,5-6,9H,4,7-8,14H2,1-2H3. The summed E-state index contributed by atoms with van der Waals surface area (Å²) in [5, 5.41) is 4.30. The van der Waals surface area contributed by atoms with E-state index in [0.717, 1.165) is 36.1 Å². The smallest absolute Gasteiger partial charge is 0.147 e. The van der Waals surface area contributed by atoms with Crippen LogP contribution in [-0.4, -0.2) is 21.4 Å². The van der Waals surface area contributed by atoms with E-state index in [0.29, 0.717) is 6.61 Å². The average Bonchev–Trinajstić information content (AvgIpc) is 2.64. The number of nitrogens with zero attached hydrogens (tertiary/aromatic N) is 3. The van der Waals surface area contributed by atoms with Crippen LogP contribution in [0.15, 0.2) is 24.3 Å². The van der Waals surface area contributed by atoms with Crippen LogP contribution < -0.4 is 10.5 Å². The largest absolute Gasteiger partial charge is 0.493 e. The van der Waals surface area contributed by atoms with E-state index in [1.165, 1.54) is 0 Å². The maximum absolute atomic E-state index is 5.67. The van der Waals surface area contributed by atoms with Crippen molar-refractivity contribution in [1.82, 2.24) is 14.8 Å². The normalized spacial score (nSPS) is 10.6. The molecule has 18 heavy (non-hydrogen) atoms. The van der Waals surface area contributed by atoms with Gasteiger partial charge in [-0.2, -0.15) is 5.10 Å². The Bertz CT molecular complexity index is 521. The van der Waals surface area contributed by atoms with Crippen molar-refractivity contribution in [1.29, 1.82) is 0 Å². The van der Waals surface area contributed by atoms with E-state index in [1.807, 2.05) is 42.8 Å². The van der Waals surface area contributed by atoms with Crippen LogP contribution in [-0.2, 0) is 6.54 Å². The molecule has 2 aromatic rings. The molecule has 0 spiro atoms. The molecule has 1 heterocycles. The van der Waals surface area contributed by atoms with E-state index in [1.54, 1.807) is 0 Å². The predicted octanol–water partition coefficient (Wildman–Crippen LogP) is 1.95. The molecule has 0 bridgehead atoms. The number of aromatic nitrogens is 3. The van der Waals surface area contributed by atoms with Crippen molar-refractivity contribution < 1.29 is 4.74 Å². The highest BCUT2D eigenvalue weighted by molar-refractivity contribution is 5.43. The molecule has 1 aromatic heterocycles. The first-order valence-electron chi connectivity index (χ1n) is 6.01. The molecule has 0 radical (unpaired) electrons. The van der Waals surface area contributed by atoms with Gasteiger partial charge in [0.25, 0.3) is 0 Å². The highest BCUT2D eigenvalue weighted by atomic mass is 16.5. The number of rotatable bonds is 5. The van der Waals surface area contributed by atoms with Gasteiger partial charge in [0, 0.05) is 24.7 Å². The van der Waals surface area contributed by atoms with Crippen LogP contribution in [0.3, 0.4) is 0 Å². The van der Waals surface area contributed by atoms with Gasteiger partial charge in [-0.15, -0.1) is 0 Å². The van der Waals surface area contributed by atoms with E-state index >= 15 is 0 Å². The van der Waals surface area contributed by atoms with Gasteiger partial charge in [0.15, 0.2) is 0 Å². The van der Waals surface area contributed by atoms with Gasteiger partial charge in [0.05, 0.1) is 6.61 Å². The van der Waals surface area contributed by atoms with E-state index < -0.39 is 0 Å². The highest BCUT2D eigenvalue weighted by Gasteiger charge is 2.02. The molecule has 5 nitrogen and oxygen atoms in total. The van der Waals surface area contributed by atoms with Crippen LogP contribution in [0.2, 0.25) is 0 Å². The van der Waals surface area contributed by atoms with E-state index in [4.69, 9.17) is 10.5 Å². The SMILES string of the molecule is Cc1nc(C)n(CCCOc2cccc(N)c2)n1. The number of hydrogen-bond acceptors (Lipinski definition) is 4. The third-order valence-corrected chi connectivity index (χ3v) is 2.60. The Morgan fingerprint density at radius 3 is 2.83 bits per heavy atom. The monoisotopic (exact) mass is 246 g/mol. The second-order valence-electron chi connectivity index (χ2n) is 4.20. The summed E-state index contributed by atoms with van der Waals surface area (Å²) in [5.41, 5.74) is 6.39. The zero-order chi connectivity index (χ0) is 13.0. The Hall–Kier alpha value is -2.04. The van der Waals surface area contributed by atoms with Crippen LogP contribution in [0, 0.1) is 13.8 Å². The van der Waals surface area contributed by atoms with Crippen LogP contribution in [0.4, 0.5) is 5.69 Å².